The molecule has 2 heterocycles. The molecule has 1 aromatic heterocycles. The summed E-state index contributed by atoms with van der Waals surface area (Å²) in [5.74, 6) is 0.684. The second-order valence-corrected chi connectivity index (χ2v) is 8.30. The van der Waals surface area contributed by atoms with Crippen molar-refractivity contribution in [2.24, 2.45) is 4.99 Å². The maximum absolute atomic E-state index is 13.0. The van der Waals surface area contributed by atoms with Crippen LogP contribution in [0.1, 0.15) is 18.9 Å². The van der Waals surface area contributed by atoms with Crippen LogP contribution in [0.4, 0.5) is 5.69 Å². The summed E-state index contributed by atoms with van der Waals surface area (Å²) in [6.07, 6.45) is 0.729. The third kappa shape index (κ3) is 5.44. The number of aliphatic hydroxyl groups is 1. The predicted octanol–water partition coefficient (Wildman–Crippen LogP) is 1.39. The molecule has 1 aliphatic heterocycles. The lowest BCUT2D eigenvalue weighted by Gasteiger charge is -2.13. The lowest BCUT2D eigenvalue weighted by molar-refractivity contribution is 0.206. The van der Waals surface area contributed by atoms with E-state index in [1.165, 1.54) is 4.57 Å². The van der Waals surface area contributed by atoms with Crippen molar-refractivity contribution in [2.45, 2.75) is 38.6 Å². The number of aliphatic hydroxyl groups excluding tert-OH is 1. The molecule has 0 amide bonds. The fourth-order valence-corrected chi connectivity index (χ4v) is 3.89. The van der Waals surface area contributed by atoms with E-state index in [0.29, 0.717) is 23.0 Å². The zero-order valence-electron chi connectivity index (χ0n) is 18.2. The molecule has 0 saturated carbocycles. The number of halogens is 1. The second kappa shape index (κ2) is 10.2. The molecule has 0 spiro atoms. The summed E-state index contributed by atoms with van der Waals surface area (Å²) in [5, 5.41) is 13.0. The van der Waals surface area contributed by atoms with E-state index in [1.807, 2.05) is 12.1 Å². The summed E-state index contributed by atoms with van der Waals surface area (Å²) in [5.41, 5.74) is 0.615. The van der Waals surface area contributed by atoms with Gasteiger partial charge in [-0.3, -0.25) is 9.55 Å². The predicted molar refractivity (Wildman–Crippen MR) is 125 cm³/mol. The van der Waals surface area contributed by atoms with Gasteiger partial charge in [-0.15, -0.1) is 0 Å². The largest absolute Gasteiger partial charge is 0.489 e. The third-order valence-electron chi connectivity index (χ3n) is 5.53. The number of nitrogens with one attached hydrogen (secondary N) is 2. The maximum atomic E-state index is 13.0. The number of nitrogens with zero attached hydrogens (tertiary/aromatic N) is 3. The van der Waals surface area contributed by atoms with Crippen LogP contribution in [0.5, 0.6) is 5.75 Å². The summed E-state index contributed by atoms with van der Waals surface area (Å²) in [7, 11) is 0. The van der Waals surface area contributed by atoms with Crippen molar-refractivity contribution in [3.63, 3.8) is 0 Å². The number of hydrogen-bond acceptors (Lipinski definition) is 6. The molecule has 3 N–H and O–H groups in total. The van der Waals surface area contributed by atoms with Gasteiger partial charge in [0.1, 0.15) is 11.9 Å². The summed E-state index contributed by atoms with van der Waals surface area (Å²) >= 11 is 5.97. The maximum Gasteiger partial charge on any atom is 0.335 e. The highest BCUT2D eigenvalue weighted by Crippen LogP contribution is 2.21. The van der Waals surface area contributed by atoms with Crippen molar-refractivity contribution in [2.75, 3.05) is 13.2 Å². The second-order valence-electron chi connectivity index (χ2n) is 7.86. The first-order valence-electron chi connectivity index (χ1n) is 10.8. The molecule has 0 radical (unpaired) electrons. The number of aromatic amines is 1. The summed E-state index contributed by atoms with van der Waals surface area (Å²) < 4.78 is 8.51. The summed E-state index contributed by atoms with van der Waals surface area (Å²) in [6, 6.07) is 14.3. The molecular weight excluding hydrogens is 446 g/mol. The summed E-state index contributed by atoms with van der Waals surface area (Å²) in [4.78, 5) is 32.6. The van der Waals surface area contributed by atoms with Gasteiger partial charge in [0.05, 0.1) is 18.8 Å². The molecule has 33 heavy (non-hydrogen) atoms. The Morgan fingerprint density at radius 2 is 1.85 bits per heavy atom. The molecule has 1 aliphatic rings. The Bertz CT molecular complexity index is 1280. The van der Waals surface area contributed by atoms with Crippen LogP contribution in [0, 0.1) is 0 Å². The van der Waals surface area contributed by atoms with Crippen LogP contribution in [0.3, 0.4) is 0 Å². The Morgan fingerprint density at radius 3 is 2.48 bits per heavy atom. The number of rotatable bonds is 7. The van der Waals surface area contributed by atoms with Gasteiger partial charge < -0.3 is 15.2 Å². The Morgan fingerprint density at radius 1 is 1.12 bits per heavy atom. The number of hydrogen-bond donors (Lipinski definition) is 3. The van der Waals surface area contributed by atoms with Crippen molar-refractivity contribution < 1.29 is 9.84 Å². The monoisotopic (exact) mass is 471 g/mol. The minimum Gasteiger partial charge on any atom is -0.489 e. The van der Waals surface area contributed by atoms with Crippen LogP contribution < -0.4 is 27.1 Å². The molecule has 2 atom stereocenters. The molecule has 0 unspecified atom stereocenters. The Hall–Kier alpha value is -3.14. The minimum atomic E-state index is -0.513. The zero-order valence-corrected chi connectivity index (χ0v) is 19.0. The first-order valence-corrected chi connectivity index (χ1v) is 11.2. The first kappa shape index (κ1) is 23.0. The van der Waals surface area contributed by atoms with Gasteiger partial charge in [-0.25, -0.2) is 19.1 Å². The van der Waals surface area contributed by atoms with Crippen molar-refractivity contribution in [3.8, 4) is 5.75 Å². The molecule has 0 bridgehead atoms. The first-order chi connectivity index (χ1) is 16.0. The molecule has 0 aliphatic carbocycles. The topological polar surface area (TPSA) is 114 Å². The van der Waals surface area contributed by atoms with Crippen molar-refractivity contribution >= 4 is 17.3 Å². The number of aromatic nitrogens is 3. The van der Waals surface area contributed by atoms with Crippen molar-refractivity contribution in [1.82, 2.24) is 19.4 Å². The average Bonchev–Trinajstić information content (AvgIpc) is 3.27. The molecule has 1 fully saturated rings. The lowest BCUT2D eigenvalue weighted by Crippen LogP contribution is -2.49. The normalized spacial score (nSPS) is 18.6. The van der Waals surface area contributed by atoms with Crippen LogP contribution in [-0.4, -0.2) is 44.5 Å². The Labute approximate surface area is 195 Å². The van der Waals surface area contributed by atoms with Crippen molar-refractivity contribution in [1.29, 1.82) is 0 Å². The number of benzene rings is 2. The van der Waals surface area contributed by atoms with E-state index < -0.39 is 11.4 Å². The molecule has 3 aromatic rings. The fourth-order valence-electron chi connectivity index (χ4n) is 3.76. The van der Waals surface area contributed by atoms with E-state index in [1.54, 1.807) is 43.3 Å². The van der Waals surface area contributed by atoms with Crippen LogP contribution in [-0.2, 0) is 13.1 Å². The van der Waals surface area contributed by atoms with E-state index >= 15 is 0 Å². The van der Waals surface area contributed by atoms with Crippen LogP contribution in [0.25, 0.3) is 0 Å². The van der Waals surface area contributed by atoms with Crippen LogP contribution in [0.2, 0.25) is 5.02 Å². The highest BCUT2D eigenvalue weighted by atomic mass is 35.5. The highest BCUT2D eigenvalue weighted by Gasteiger charge is 2.24. The zero-order chi connectivity index (χ0) is 23.4. The van der Waals surface area contributed by atoms with Gasteiger partial charge in [0, 0.05) is 30.6 Å². The van der Waals surface area contributed by atoms with Gasteiger partial charge in [0.25, 0.3) is 0 Å². The van der Waals surface area contributed by atoms with E-state index in [4.69, 9.17) is 16.3 Å². The molecule has 174 valence electrons. The molecule has 4 rings (SSSR count). The third-order valence-corrected chi connectivity index (χ3v) is 5.78. The van der Waals surface area contributed by atoms with Crippen LogP contribution >= 0.6 is 11.6 Å². The fraction of sp³-hybridized carbons (Fsp3) is 0.348. The van der Waals surface area contributed by atoms with Gasteiger partial charge in [0.15, 0.2) is 0 Å². The molecular formula is C23H26ClN5O4. The minimum absolute atomic E-state index is 0.00976. The standard InChI is InChI=1S/C23H26ClN5O4/c1-2-28-22(31)27-21(29(23(28)32)13-15-3-5-16(24)6-4-15)26-17-7-9-19(10-8-17)33-20-11-18(14-30)25-12-20/h3-10,18,20,25,30H,2,11-14H2,1H3,(H,26,27,31)/t18-,20+/m0/s1. The number of ether oxygens (including phenoxy) is 1. The van der Waals surface area contributed by atoms with Gasteiger partial charge in [-0.2, -0.15) is 0 Å². The SMILES string of the molecule is CCn1c(=O)[nH]/c(=N\c2ccc(O[C@H]3CN[C@H](CO)C3)cc2)n(Cc2ccc(Cl)cc2)c1=O. The van der Waals surface area contributed by atoms with Crippen LogP contribution in [0.15, 0.2) is 63.1 Å². The van der Waals surface area contributed by atoms with Gasteiger partial charge in [0.2, 0.25) is 5.62 Å². The molecule has 10 heteroatoms. The molecule has 1 saturated heterocycles. The van der Waals surface area contributed by atoms with E-state index in [0.717, 1.165) is 16.6 Å². The molecule has 9 nitrogen and oxygen atoms in total. The highest BCUT2D eigenvalue weighted by molar-refractivity contribution is 6.30. The van der Waals surface area contributed by atoms with Gasteiger partial charge >= 0.3 is 11.4 Å². The lowest BCUT2D eigenvalue weighted by atomic mass is 10.2. The summed E-state index contributed by atoms with van der Waals surface area (Å²) in [6.45, 7) is 2.98. The smallest absolute Gasteiger partial charge is 0.335 e. The van der Waals surface area contributed by atoms with Crippen molar-refractivity contribution in [3.05, 3.63) is 85.7 Å². The van der Waals surface area contributed by atoms with E-state index in [2.05, 4.69) is 15.3 Å². The number of H-pyrrole nitrogens is 1. The van der Waals surface area contributed by atoms with E-state index in [9.17, 15) is 14.7 Å². The van der Waals surface area contributed by atoms with Gasteiger partial charge in [-0.1, -0.05) is 23.7 Å². The average molecular weight is 472 g/mol. The quantitative estimate of drug-likeness (QED) is 0.482. The molecule has 2 aromatic carbocycles. The van der Waals surface area contributed by atoms with E-state index in [-0.39, 0.29) is 37.5 Å². The Kier molecular flexibility index (Phi) is 7.12. The Balaban J connectivity index is 1.64. The van der Waals surface area contributed by atoms with Gasteiger partial charge in [-0.05, 0) is 48.9 Å².